The molecule has 2 aromatic carbocycles. The molecule has 1 N–H and O–H groups in total. The first kappa shape index (κ1) is 14.2. The second kappa shape index (κ2) is 6.80. The molecule has 0 spiro atoms. The van der Waals surface area contributed by atoms with Crippen LogP contribution in [0.2, 0.25) is 0 Å². The first-order valence-electron chi connectivity index (χ1n) is 6.52. The molecule has 0 radical (unpaired) electrons. The van der Waals surface area contributed by atoms with Crippen molar-refractivity contribution in [3.8, 4) is 11.5 Å². The average molecular weight is 275 g/mol. The quantitative estimate of drug-likeness (QED) is 0.868. The number of nitrogens with one attached hydrogen (secondary N) is 1. The van der Waals surface area contributed by atoms with Crippen molar-refractivity contribution in [2.24, 2.45) is 0 Å². The van der Waals surface area contributed by atoms with Crippen LogP contribution in [0.1, 0.15) is 12.5 Å². The lowest BCUT2D eigenvalue weighted by Crippen LogP contribution is -2.00. The Bertz CT molecular complexity index is 555. The maximum absolute atomic E-state index is 13.5. The number of anilines is 1. The second-order valence-corrected chi connectivity index (χ2v) is 4.28. The van der Waals surface area contributed by atoms with Crippen LogP contribution in [0.15, 0.2) is 42.5 Å². The molecule has 106 valence electrons. The zero-order chi connectivity index (χ0) is 14.4. The van der Waals surface area contributed by atoms with Crippen LogP contribution in [0.4, 0.5) is 10.1 Å². The van der Waals surface area contributed by atoms with Crippen LogP contribution in [0.3, 0.4) is 0 Å². The third kappa shape index (κ3) is 3.63. The van der Waals surface area contributed by atoms with Gasteiger partial charge in [0.25, 0.3) is 0 Å². The van der Waals surface area contributed by atoms with Gasteiger partial charge in [-0.2, -0.15) is 0 Å². The van der Waals surface area contributed by atoms with Gasteiger partial charge in [-0.25, -0.2) is 4.39 Å². The van der Waals surface area contributed by atoms with E-state index in [2.05, 4.69) is 5.32 Å². The van der Waals surface area contributed by atoms with Gasteiger partial charge in [-0.05, 0) is 36.8 Å². The first-order chi connectivity index (χ1) is 9.72. The third-order valence-electron chi connectivity index (χ3n) is 2.88. The Kier molecular flexibility index (Phi) is 4.82. The fourth-order valence-corrected chi connectivity index (χ4v) is 1.85. The molecule has 0 saturated heterocycles. The summed E-state index contributed by atoms with van der Waals surface area (Å²) >= 11 is 0. The molecule has 2 aromatic rings. The van der Waals surface area contributed by atoms with Gasteiger partial charge in [-0.1, -0.05) is 12.1 Å². The maximum Gasteiger partial charge on any atom is 0.167 e. The molecule has 0 amide bonds. The highest BCUT2D eigenvalue weighted by molar-refractivity contribution is 5.47. The van der Waals surface area contributed by atoms with E-state index in [0.717, 1.165) is 17.0 Å². The highest BCUT2D eigenvalue weighted by atomic mass is 19.1. The Morgan fingerprint density at radius 1 is 1.10 bits per heavy atom. The van der Waals surface area contributed by atoms with Gasteiger partial charge in [0.15, 0.2) is 11.6 Å². The molecule has 0 atom stereocenters. The van der Waals surface area contributed by atoms with Crippen LogP contribution < -0.4 is 14.8 Å². The number of hydrogen-bond donors (Lipinski definition) is 1. The fraction of sp³-hybridized carbons (Fsp3) is 0.250. The van der Waals surface area contributed by atoms with E-state index in [1.807, 2.05) is 31.2 Å². The predicted octanol–water partition coefficient (Wildman–Crippen LogP) is 3.85. The standard InChI is InChI=1S/C16H18FNO2/c1-3-20-14-7-4-12(5-8-14)11-18-13-6-9-16(19-2)15(17)10-13/h4-10,18H,3,11H2,1-2H3. The van der Waals surface area contributed by atoms with E-state index in [-0.39, 0.29) is 11.6 Å². The number of benzene rings is 2. The van der Waals surface area contributed by atoms with E-state index in [0.29, 0.717) is 13.2 Å². The van der Waals surface area contributed by atoms with E-state index < -0.39 is 0 Å². The molecule has 2 rings (SSSR count). The van der Waals surface area contributed by atoms with Gasteiger partial charge in [0.1, 0.15) is 5.75 Å². The summed E-state index contributed by atoms with van der Waals surface area (Å²) < 4.78 is 23.8. The molecule has 0 aromatic heterocycles. The summed E-state index contributed by atoms with van der Waals surface area (Å²) in [6.45, 7) is 3.23. The number of halogens is 1. The zero-order valence-electron chi connectivity index (χ0n) is 11.7. The van der Waals surface area contributed by atoms with E-state index in [9.17, 15) is 4.39 Å². The van der Waals surface area contributed by atoms with E-state index in [1.54, 1.807) is 12.1 Å². The van der Waals surface area contributed by atoms with Crippen molar-refractivity contribution in [1.29, 1.82) is 0 Å². The van der Waals surface area contributed by atoms with Gasteiger partial charge >= 0.3 is 0 Å². The predicted molar refractivity (Wildman–Crippen MR) is 77.9 cm³/mol. The summed E-state index contributed by atoms with van der Waals surface area (Å²) in [7, 11) is 1.45. The van der Waals surface area contributed by atoms with Crippen molar-refractivity contribution in [2.45, 2.75) is 13.5 Å². The molecule has 0 bridgehead atoms. The van der Waals surface area contributed by atoms with Gasteiger partial charge in [-0.3, -0.25) is 0 Å². The molecule has 0 saturated carbocycles. The SMILES string of the molecule is CCOc1ccc(CNc2ccc(OC)c(F)c2)cc1. The topological polar surface area (TPSA) is 30.5 Å². The van der Waals surface area contributed by atoms with Crippen molar-refractivity contribution in [3.05, 3.63) is 53.8 Å². The molecular formula is C16H18FNO2. The van der Waals surface area contributed by atoms with E-state index in [4.69, 9.17) is 9.47 Å². The van der Waals surface area contributed by atoms with E-state index in [1.165, 1.54) is 13.2 Å². The Hall–Kier alpha value is -2.23. The lowest BCUT2D eigenvalue weighted by Gasteiger charge is -2.09. The van der Waals surface area contributed by atoms with Crippen LogP contribution in [-0.4, -0.2) is 13.7 Å². The lowest BCUT2D eigenvalue weighted by atomic mass is 10.2. The van der Waals surface area contributed by atoms with Gasteiger partial charge < -0.3 is 14.8 Å². The van der Waals surface area contributed by atoms with Gasteiger partial charge in [0, 0.05) is 18.3 Å². The smallest absolute Gasteiger partial charge is 0.167 e. The fourth-order valence-electron chi connectivity index (χ4n) is 1.85. The second-order valence-electron chi connectivity index (χ2n) is 4.28. The monoisotopic (exact) mass is 275 g/mol. The normalized spacial score (nSPS) is 10.2. The number of methoxy groups -OCH3 is 1. The van der Waals surface area contributed by atoms with Gasteiger partial charge in [0.05, 0.1) is 13.7 Å². The van der Waals surface area contributed by atoms with Crippen molar-refractivity contribution in [2.75, 3.05) is 19.0 Å². The number of hydrogen-bond acceptors (Lipinski definition) is 3. The van der Waals surface area contributed by atoms with Crippen molar-refractivity contribution >= 4 is 5.69 Å². The molecular weight excluding hydrogens is 257 g/mol. The maximum atomic E-state index is 13.5. The summed E-state index contributed by atoms with van der Waals surface area (Å²) in [5.41, 5.74) is 1.82. The highest BCUT2D eigenvalue weighted by Crippen LogP contribution is 2.21. The Balaban J connectivity index is 1.96. The number of ether oxygens (including phenoxy) is 2. The zero-order valence-corrected chi connectivity index (χ0v) is 11.7. The van der Waals surface area contributed by atoms with Crippen LogP contribution in [-0.2, 0) is 6.54 Å². The molecule has 3 nitrogen and oxygen atoms in total. The minimum atomic E-state index is -0.371. The van der Waals surface area contributed by atoms with Gasteiger partial charge in [0.2, 0.25) is 0 Å². The molecule has 0 heterocycles. The van der Waals surface area contributed by atoms with E-state index >= 15 is 0 Å². The Labute approximate surface area is 118 Å². The third-order valence-corrected chi connectivity index (χ3v) is 2.88. The highest BCUT2D eigenvalue weighted by Gasteiger charge is 2.03. The van der Waals surface area contributed by atoms with Crippen molar-refractivity contribution < 1.29 is 13.9 Å². The Morgan fingerprint density at radius 2 is 1.85 bits per heavy atom. The van der Waals surface area contributed by atoms with Crippen molar-refractivity contribution in [3.63, 3.8) is 0 Å². The molecule has 4 heteroatoms. The minimum absolute atomic E-state index is 0.247. The van der Waals surface area contributed by atoms with Crippen molar-refractivity contribution in [1.82, 2.24) is 0 Å². The van der Waals surface area contributed by atoms with Crippen LogP contribution in [0.25, 0.3) is 0 Å². The van der Waals surface area contributed by atoms with Crippen LogP contribution >= 0.6 is 0 Å². The summed E-state index contributed by atoms with van der Waals surface area (Å²) in [4.78, 5) is 0. The average Bonchev–Trinajstić information content (AvgIpc) is 2.47. The van der Waals surface area contributed by atoms with Gasteiger partial charge in [-0.15, -0.1) is 0 Å². The largest absolute Gasteiger partial charge is 0.494 e. The minimum Gasteiger partial charge on any atom is -0.494 e. The summed E-state index contributed by atoms with van der Waals surface area (Å²) in [5.74, 6) is 0.729. The van der Waals surface area contributed by atoms with Crippen LogP contribution in [0, 0.1) is 5.82 Å². The first-order valence-corrected chi connectivity index (χ1v) is 6.52. The Morgan fingerprint density at radius 3 is 2.45 bits per heavy atom. The lowest BCUT2D eigenvalue weighted by molar-refractivity contribution is 0.340. The summed E-state index contributed by atoms with van der Waals surface area (Å²) in [6, 6.07) is 12.6. The summed E-state index contributed by atoms with van der Waals surface area (Å²) in [5, 5.41) is 3.17. The number of rotatable bonds is 6. The molecule has 0 fully saturated rings. The van der Waals surface area contributed by atoms with Crippen LogP contribution in [0.5, 0.6) is 11.5 Å². The molecule has 0 aliphatic rings. The molecule has 0 unspecified atom stereocenters. The molecule has 0 aliphatic heterocycles. The molecule has 0 aliphatic carbocycles. The molecule has 20 heavy (non-hydrogen) atoms. The summed E-state index contributed by atoms with van der Waals surface area (Å²) in [6.07, 6.45) is 0.